The summed E-state index contributed by atoms with van der Waals surface area (Å²) in [6.07, 6.45) is 0. The number of nitrogens with two attached hydrogens (primary N) is 1. The van der Waals surface area contributed by atoms with Crippen molar-refractivity contribution in [1.29, 1.82) is 0 Å². The Kier molecular flexibility index (Phi) is 4.91. The molecule has 0 spiro atoms. The molecule has 104 valence electrons. The zero-order valence-corrected chi connectivity index (χ0v) is 13.4. The quantitative estimate of drug-likeness (QED) is 0.830. The molecule has 2 aromatic rings. The lowest BCUT2D eigenvalue weighted by Gasteiger charge is -2.09. The van der Waals surface area contributed by atoms with E-state index in [2.05, 4.69) is 21.2 Å². The third-order valence-corrected chi connectivity index (χ3v) is 4.26. The fourth-order valence-electron chi connectivity index (χ4n) is 1.68. The minimum atomic E-state index is -0.548. The fourth-order valence-corrected chi connectivity index (χ4v) is 2.43. The summed E-state index contributed by atoms with van der Waals surface area (Å²) in [5.41, 5.74) is 7.38. The number of carbonyl (C=O) groups is 1. The first-order valence-corrected chi connectivity index (χ1v) is 7.29. The number of carbonyl (C=O) groups excluding carboxylic acids is 1. The lowest BCUT2D eigenvalue weighted by molar-refractivity contribution is 0.100. The number of hydrogen-bond donors (Lipinski definition) is 2. The molecule has 0 unspecified atom stereocenters. The zero-order valence-electron chi connectivity index (χ0n) is 10.3. The van der Waals surface area contributed by atoms with Gasteiger partial charge in [-0.25, -0.2) is 0 Å². The maximum atomic E-state index is 11.2. The van der Waals surface area contributed by atoms with Crippen molar-refractivity contribution in [2.24, 2.45) is 5.73 Å². The minimum Gasteiger partial charge on any atom is -0.381 e. The molecule has 20 heavy (non-hydrogen) atoms. The van der Waals surface area contributed by atoms with E-state index in [9.17, 15) is 4.79 Å². The molecule has 6 heteroatoms. The van der Waals surface area contributed by atoms with Gasteiger partial charge in [0.05, 0.1) is 15.6 Å². The molecule has 0 aliphatic carbocycles. The molecule has 0 atom stereocenters. The summed E-state index contributed by atoms with van der Waals surface area (Å²) in [6.45, 7) is 0.593. The highest BCUT2D eigenvalue weighted by Gasteiger charge is 2.07. The van der Waals surface area contributed by atoms with E-state index in [4.69, 9.17) is 28.9 Å². The fraction of sp³-hybridized carbons (Fsp3) is 0.0714. The van der Waals surface area contributed by atoms with Gasteiger partial charge in [-0.15, -0.1) is 0 Å². The van der Waals surface area contributed by atoms with E-state index in [1.165, 1.54) is 0 Å². The van der Waals surface area contributed by atoms with Gasteiger partial charge in [0.25, 0.3) is 0 Å². The number of anilines is 1. The standard InChI is InChI=1S/C14H11BrCl2N2O/c15-11-5-8(1-3-13(11)17)7-19-9-2-4-12(16)10(6-9)14(18)20/h1-6,19H,7H2,(H2,18,20). The third kappa shape index (κ3) is 3.66. The van der Waals surface area contributed by atoms with Crippen molar-refractivity contribution >= 4 is 50.7 Å². The van der Waals surface area contributed by atoms with Crippen LogP contribution in [0, 0.1) is 0 Å². The largest absolute Gasteiger partial charge is 0.381 e. The van der Waals surface area contributed by atoms with Crippen LogP contribution in [0.3, 0.4) is 0 Å². The van der Waals surface area contributed by atoms with Gasteiger partial charge < -0.3 is 11.1 Å². The van der Waals surface area contributed by atoms with Gasteiger partial charge in [-0.1, -0.05) is 29.3 Å². The van der Waals surface area contributed by atoms with Crippen LogP contribution in [-0.2, 0) is 6.54 Å². The van der Waals surface area contributed by atoms with Crippen LogP contribution in [-0.4, -0.2) is 5.91 Å². The summed E-state index contributed by atoms with van der Waals surface area (Å²) in [7, 11) is 0. The maximum Gasteiger partial charge on any atom is 0.250 e. The molecule has 0 aliphatic rings. The Hall–Kier alpha value is -1.23. The van der Waals surface area contributed by atoms with Gasteiger partial charge in [0.1, 0.15) is 0 Å². The smallest absolute Gasteiger partial charge is 0.250 e. The molecule has 2 rings (SSSR count). The van der Waals surface area contributed by atoms with Crippen LogP contribution in [0.1, 0.15) is 15.9 Å². The molecule has 1 amide bonds. The SMILES string of the molecule is NC(=O)c1cc(NCc2ccc(Cl)c(Br)c2)ccc1Cl. The summed E-state index contributed by atoms with van der Waals surface area (Å²) >= 11 is 15.2. The van der Waals surface area contributed by atoms with Gasteiger partial charge in [0, 0.05) is 16.7 Å². The van der Waals surface area contributed by atoms with E-state index in [-0.39, 0.29) is 0 Å². The van der Waals surface area contributed by atoms with E-state index in [1.807, 2.05) is 18.2 Å². The molecule has 3 nitrogen and oxygen atoms in total. The molecule has 0 saturated carbocycles. The average molecular weight is 374 g/mol. The van der Waals surface area contributed by atoms with Crippen molar-refractivity contribution in [3.63, 3.8) is 0 Å². The van der Waals surface area contributed by atoms with Gasteiger partial charge in [-0.05, 0) is 51.8 Å². The predicted molar refractivity (Wildman–Crippen MR) is 86.4 cm³/mol. The van der Waals surface area contributed by atoms with Crippen molar-refractivity contribution in [2.45, 2.75) is 6.54 Å². The van der Waals surface area contributed by atoms with Gasteiger partial charge in [0.2, 0.25) is 5.91 Å². The molecule has 0 aromatic heterocycles. The number of halogens is 3. The van der Waals surface area contributed by atoms with Gasteiger partial charge >= 0.3 is 0 Å². The number of nitrogens with one attached hydrogen (secondary N) is 1. The van der Waals surface area contributed by atoms with Gasteiger partial charge in [-0.3, -0.25) is 4.79 Å². The molecular formula is C14H11BrCl2N2O. The van der Waals surface area contributed by atoms with Crippen LogP contribution in [0.15, 0.2) is 40.9 Å². The average Bonchev–Trinajstić information content (AvgIpc) is 2.41. The first-order valence-electron chi connectivity index (χ1n) is 5.74. The van der Waals surface area contributed by atoms with Crippen molar-refractivity contribution in [2.75, 3.05) is 5.32 Å². The second-order valence-corrected chi connectivity index (χ2v) is 5.83. The summed E-state index contributed by atoms with van der Waals surface area (Å²) in [5, 5.41) is 4.21. The highest BCUT2D eigenvalue weighted by molar-refractivity contribution is 9.10. The first kappa shape index (κ1) is 15.2. The number of primary amides is 1. The third-order valence-electron chi connectivity index (χ3n) is 2.71. The number of hydrogen-bond acceptors (Lipinski definition) is 2. The van der Waals surface area contributed by atoms with E-state index in [0.717, 1.165) is 15.7 Å². The van der Waals surface area contributed by atoms with E-state index in [1.54, 1.807) is 18.2 Å². The van der Waals surface area contributed by atoms with Crippen molar-refractivity contribution in [3.8, 4) is 0 Å². The van der Waals surface area contributed by atoms with Crippen molar-refractivity contribution < 1.29 is 4.79 Å². The van der Waals surface area contributed by atoms with Crippen LogP contribution in [0.25, 0.3) is 0 Å². The normalized spacial score (nSPS) is 10.3. The molecule has 0 fully saturated rings. The maximum absolute atomic E-state index is 11.2. The van der Waals surface area contributed by atoms with Crippen LogP contribution in [0.4, 0.5) is 5.69 Å². The zero-order chi connectivity index (χ0) is 14.7. The Morgan fingerprint density at radius 1 is 1.15 bits per heavy atom. The van der Waals surface area contributed by atoms with Gasteiger partial charge in [-0.2, -0.15) is 0 Å². The monoisotopic (exact) mass is 372 g/mol. The Morgan fingerprint density at radius 3 is 2.50 bits per heavy atom. The second kappa shape index (κ2) is 6.48. The van der Waals surface area contributed by atoms with Crippen molar-refractivity contribution in [1.82, 2.24) is 0 Å². The molecule has 0 bridgehead atoms. The second-order valence-electron chi connectivity index (χ2n) is 4.16. The Labute approximate surface area is 135 Å². The van der Waals surface area contributed by atoms with E-state index >= 15 is 0 Å². The van der Waals surface area contributed by atoms with E-state index < -0.39 is 5.91 Å². The lowest BCUT2D eigenvalue weighted by Crippen LogP contribution is -2.12. The Balaban J connectivity index is 2.12. The minimum absolute atomic E-state index is 0.300. The molecule has 2 aromatic carbocycles. The Bertz CT molecular complexity index is 662. The summed E-state index contributed by atoms with van der Waals surface area (Å²) in [5.74, 6) is -0.548. The van der Waals surface area contributed by atoms with Crippen LogP contribution in [0.2, 0.25) is 10.0 Å². The van der Waals surface area contributed by atoms with E-state index in [0.29, 0.717) is 22.2 Å². The summed E-state index contributed by atoms with van der Waals surface area (Å²) < 4.78 is 0.840. The number of benzene rings is 2. The molecular weight excluding hydrogens is 363 g/mol. The van der Waals surface area contributed by atoms with Crippen LogP contribution < -0.4 is 11.1 Å². The first-order chi connectivity index (χ1) is 9.47. The number of rotatable bonds is 4. The van der Waals surface area contributed by atoms with Crippen LogP contribution >= 0.6 is 39.1 Å². The topological polar surface area (TPSA) is 55.1 Å². The molecule has 3 N–H and O–H groups in total. The summed E-state index contributed by atoms with van der Waals surface area (Å²) in [4.78, 5) is 11.2. The van der Waals surface area contributed by atoms with Gasteiger partial charge in [0.15, 0.2) is 0 Å². The number of amides is 1. The predicted octanol–water partition coefficient (Wildman–Crippen LogP) is 4.47. The van der Waals surface area contributed by atoms with Crippen molar-refractivity contribution in [3.05, 3.63) is 62.0 Å². The van der Waals surface area contributed by atoms with Crippen LogP contribution in [0.5, 0.6) is 0 Å². The molecule has 0 aliphatic heterocycles. The molecule has 0 radical (unpaired) electrons. The highest BCUT2D eigenvalue weighted by atomic mass is 79.9. The highest BCUT2D eigenvalue weighted by Crippen LogP contribution is 2.24. The Morgan fingerprint density at radius 2 is 1.85 bits per heavy atom. The molecule has 0 heterocycles. The summed E-state index contributed by atoms with van der Waals surface area (Å²) in [6, 6.07) is 10.7. The molecule has 0 saturated heterocycles. The lowest BCUT2D eigenvalue weighted by atomic mass is 10.1.